The van der Waals surface area contributed by atoms with E-state index < -0.39 is 0 Å². The first-order valence-corrected chi connectivity index (χ1v) is 14.5. The van der Waals surface area contributed by atoms with Gasteiger partial charge in [0.25, 0.3) is 0 Å². The zero-order chi connectivity index (χ0) is 23.8. The van der Waals surface area contributed by atoms with Crippen LogP contribution in [0.1, 0.15) is 37.6 Å². The molecule has 35 heavy (non-hydrogen) atoms. The summed E-state index contributed by atoms with van der Waals surface area (Å²) >= 11 is 11.4. The second-order valence-electron chi connectivity index (χ2n) is 8.46. The van der Waals surface area contributed by atoms with Crippen molar-refractivity contribution in [3.8, 4) is 0 Å². The molecule has 0 radical (unpaired) electrons. The molecule has 0 aliphatic carbocycles. The van der Waals surface area contributed by atoms with Gasteiger partial charge in [0.05, 0.1) is 10.6 Å². The maximum atomic E-state index is 6.60. The molecule has 2 aromatic heterocycles. The Hall–Kier alpha value is -2.51. The van der Waals surface area contributed by atoms with Crippen molar-refractivity contribution in [1.82, 2.24) is 9.97 Å². The van der Waals surface area contributed by atoms with Crippen molar-refractivity contribution in [2.45, 2.75) is 27.8 Å². The number of thiophene rings is 1. The highest BCUT2D eigenvalue weighted by Gasteiger charge is 2.34. The van der Waals surface area contributed by atoms with Gasteiger partial charge in [-0.05, 0) is 40.8 Å². The average molecular weight is 532 g/mol. The molecule has 3 nitrogen and oxygen atoms in total. The van der Waals surface area contributed by atoms with Crippen LogP contribution >= 0.6 is 46.5 Å². The quantitative estimate of drug-likeness (QED) is 0.182. The number of thioether (sulfide) groups is 2. The Balaban J connectivity index is 1.39. The van der Waals surface area contributed by atoms with Gasteiger partial charge < -0.3 is 5.73 Å². The number of nitrogens with two attached hydrogens (primary N) is 1. The van der Waals surface area contributed by atoms with Crippen LogP contribution in [-0.2, 0) is 12.2 Å². The lowest BCUT2D eigenvalue weighted by atomic mass is 9.98. The minimum absolute atomic E-state index is 0.244. The molecule has 174 valence electrons. The molecule has 0 amide bonds. The summed E-state index contributed by atoms with van der Waals surface area (Å²) in [6.07, 6.45) is 0.929. The molecule has 0 fully saturated rings. The van der Waals surface area contributed by atoms with Crippen LogP contribution in [0.5, 0.6) is 0 Å². The van der Waals surface area contributed by atoms with Crippen LogP contribution in [0.4, 0.5) is 5.82 Å². The van der Waals surface area contributed by atoms with Gasteiger partial charge in [-0.2, -0.15) is 0 Å². The fourth-order valence-corrected chi connectivity index (χ4v) is 8.48. The number of rotatable bonds is 5. The molecule has 2 N–H and O–H groups in total. The molecule has 7 heteroatoms. The molecule has 3 heterocycles. The summed E-state index contributed by atoms with van der Waals surface area (Å²) in [6, 6.07) is 29.4. The number of nitrogen functional groups attached to an aromatic ring is 1. The Morgan fingerprint density at radius 2 is 1.57 bits per heavy atom. The molecule has 0 spiro atoms. The molecule has 0 bridgehead atoms. The highest BCUT2D eigenvalue weighted by molar-refractivity contribution is 8.00. The summed E-state index contributed by atoms with van der Waals surface area (Å²) < 4.78 is 0. The van der Waals surface area contributed by atoms with Crippen molar-refractivity contribution in [1.29, 1.82) is 0 Å². The second-order valence-corrected chi connectivity index (χ2v) is 12.2. The summed E-state index contributed by atoms with van der Waals surface area (Å²) in [5.41, 5.74) is 11.7. The van der Waals surface area contributed by atoms with Crippen LogP contribution in [0.2, 0.25) is 5.02 Å². The highest BCUT2D eigenvalue weighted by atomic mass is 35.5. The predicted molar refractivity (Wildman–Crippen MR) is 152 cm³/mol. The molecule has 5 aromatic rings. The lowest BCUT2D eigenvalue weighted by molar-refractivity contribution is 0.893. The highest BCUT2D eigenvalue weighted by Crippen LogP contribution is 2.55. The molecule has 1 aliphatic rings. The largest absolute Gasteiger partial charge is 0.383 e. The summed E-state index contributed by atoms with van der Waals surface area (Å²) in [5, 5.41) is 3.08. The number of fused-ring (bicyclic) bond motifs is 3. The Morgan fingerprint density at radius 1 is 0.886 bits per heavy atom. The molecule has 1 aliphatic heterocycles. The summed E-state index contributed by atoms with van der Waals surface area (Å²) in [6.45, 7) is 0. The number of hydrogen-bond donors (Lipinski definition) is 1. The van der Waals surface area contributed by atoms with E-state index in [0.29, 0.717) is 16.2 Å². The van der Waals surface area contributed by atoms with Crippen molar-refractivity contribution in [3.63, 3.8) is 0 Å². The van der Waals surface area contributed by atoms with Gasteiger partial charge in [0.1, 0.15) is 10.6 Å². The Labute approximate surface area is 222 Å². The zero-order valence-electron chi connectivity index (χ0n) is 18.7. The lowest BCUT2D eigenvalue weighted by Gasteiger charge is -2.30. The van der Waals surface area contributed by atoms with Crippen LogP contribution in [-0.4, -0.2) is 9.97 Å². The standard InChI is InChI=1S/C28H22ClN3S3/c29-20-13-11-17(12-14-20)16-33-28-31-26(30)23-21-15-22(18-7-3-1-4-8-18)34-24(19-9-5-2-6-10-19)25(21)35-27(23)32-28/h1-14,22,24H,15-16H2,(H2,30,31,32)/t22-,24-/m1/s1. The van der Waals surface area contributed by atoms with E-state index in [9.17, 15) is 0 Å². The van der Waals surface area contributed by atoms with E-state index in [2.05, 4.69) is 60.7 Å². The van der Waals surface area contributed by atoms with Crippen LogP contribution in [0, 0.1) is 0 Å². The lowest BCUT2D eigenvalue weighted by Crippen LogP contribution is -2.12. The third kappa shape index (κ3) is 4.68. The van der Waals surface area contributed by atoms with Crippen LogP contribution in [0.3, 0.4) is 0 Å². The third-order valence-electron chi connectivity index (χ3n) is 6.17. The number of nitrogens with zero attached hydrogens (tertiary/aromatic N) is 2. The van der Waals surface area contributed by atoms with Gasteiger partial charge in [-0.25, -0.2) is 9.97 Å². The fourth-order valence-electron chi connectivity index (χ4n) is 4.47. The Kier molecular flexibility index (Phi) is 6.46. The normalized spacial score (nSPS) is 17.4. The summed E-state index contributed by atoms with van der Waals surface area (Å²) in [5.74, 6) is 1.35. The van der Waals surface area contributed by atoms with E-state index in [1.807, 2.05) is 36.0 Å². The van der Waals surface area contributed by atoms with Gasteiger partial charge in [-0.15, -0.1) is 23.1 Å². The topological polar surface area (TPSA) is 51.8 Å². The molecule has 2 atom stereocenters. The Bertz CT molecular complexity index is 1470. The van der Waals surface area contributed by atoms with Crippen molar-refractivity contribution < 1.29 is 0 Å². The molecular formula is C28H22ClN3S3. The molecule has 0 unspecified atom stereocenters. The van der Waals surface area contributed by atoms with E-state index in [1.54, 1.807) is 23.1 Å². The first kappa shape index (κ1) is 22.9. The van der Waals surface area contributed by atoms with Gasteiger partial charge in [0.15, 0.2) is 5.16 Å². The van der Waals surface area contributed by atoms with Crippen molar-refractivity contribution >= 4 is 62.5 Å². The minimum atomic E-state index is 0.244. The summed E-state index contributed by atoms with van der Waals surface area (Å²) in [7, 11) is 0. The van der Waals surface area contributed by atoms with E-state index in [0.717, 1.165) is 27.4 Å². The van der Waals surface area contributed by atoms with Gasteiger partial charge >= 0.3 is 0 Å². The second kappa shape index (κ2) is 9.86. The Morgan fingerprint density at radius 3 is 2.29 bits per heavy atom. The van der Waals surface area contributed by atoms with Crippen LogP contribution in [0.25, 0.3) is 10.2 Å². The summed E-state index contributed by atoms with van der Waals surface area (Å²) in [4.78, 5) is 12.0. The molecule has 0 saturated carbocycles. The van der Waals surface area contributed by atoms with Crippen molar-refractivity contribution in [3.05, 3.63) is 117 Å². The molecular weight excluding hydrogens is 510 g/mol. The van der Waals surface area contributed by atoms with Gasteiger partial charge in [-0.1, -0.05) is 96.2 Å². The number of aromatic nitrogens is 2. The number of benzene rings is 3. The average Bonchev–Trinajstić information content (AvgIpc) is 3.28. The third-order valence-corrected chi connectivity index (χ3v) is 10.2. The van der Waals surface area contributed by atoms with E-state index in [-0.39, 0.29) is 5.25 Å². The molecule has 3 aromatic carbocycles. The number of hydrogen-bond acceptors (Lipinski definition) is 6. The molecule has 6 rings (SSSR count). The van der Waals surface area contributed by atoms with Gasteiger partial charge in [0, 0.05) is 20.9 Å². The SMILES string of the molecule is Nc1nc(SCc2ccc(Cl)cc2)nc2sc3c(c12)C[C@H](c1ccccc1)S[C@@H]3c1ccccc1. The zero-order valence-corrected chi connectivity index (χ0v) is 21.9. The smallest absolute Gasteiger partial charge is 0.191 e. The van der Waals surface area contributed by atoms with E-state index >= 15 is 0 Å². The first-order valence-electron chi connectivity index (χ1n) is 11.4. The van der Waals surface area contributed by atoms with Gasteiger partial charge in [0.2, 0.25) is 0 Å². The van der Waals surface area contributed by atoms with Crippen molar-refractivity contribution in [2.75, 3.05) is 5.73 Å². The predicted octanol–water partition coefficient (Wildman–Crippen LogP) is 8.34. The van der Waals surface area contributed by atoms with Crippen LogP contribution < -0.4 is 5.73 Å². The van der Waals surface area contributed by atoms with Crippen LogP contribution in [0.15, 0.2) is 90.1 Å². The monoisotopic (exact) mass is 531 g/mol. The first-order chi connectivity index (χ1) is 17.2. The number of anilines is 1. The maximum absolute atomic E-state index is 6.60. The van der Waals surface area contributed by atoms with Crippen molar-refractivity contribution in [2.24, 2.45) is 0 Å². The van der Waals surface area contributed by atoms with E-state index in [4.69, 9.17) is 27.3 Å². The van der Waals surface area contributed by atoms with Gasteiger partial charge in [-0.3, -0.25) is 0 Å². The fraction of sp³-hybridized carbons (Fsp3) is 0.143. The minimum Gasteiger partial charge on any atom is -0.383 e. The molecule has 0 saturated heterocycles. The number of halogens is 1. The van der Waals surface area contributed by atoms with E-state index in [1.165, 1.54) is 27.1 Å². The maximum Gasteiger partial charge on any atom is 0.191 e.